The van der Waals surface area contributed by atoms with Gasteiger partial charge in [0.25, 0.3) is 5.69 Å². The molecule has 1 unspecified atom stereocenters. The summed E-state index contributed by atoms with van der Waals surface area (Å²) in [7, 11) is -4.15. The van der Waals surface area contributed by atoms with E-state index in [9.17, 15) is 23.3 Å². The number of nitrogens with zero attached hydrogens (tertiary/aromatic N) is 3. The predicted molar refractivity (Wildman–Crippen MR) is 114 cm³/mol. The van der Waals surface area contributed by atoms with Crippen molar-refractivity contribution in [3.63, 3.8) is 0 Å². The topological polar surface area (TPSA) is 129 Å². The number of nitro benzene ring substituents is 1. The van der Waals surface area contributed by atoms with Crippen molar-refractivity contribution in [3.8, 4) is 5.75 Å². The Labute approximate surface area is 179 Å². The Bertz CT molecular complexity index is 1300. The largest absolute Gasteiger partial charge is 0.379 e. The summed E-state index contributed by atoms with van der Waals surface area (Å²) in [6, 6.07) is 8.77. The van der Waals surface area contributed by atoms with Gasteiger partial charge in [-0.05, 0) is 31.2 Å². The van der Waals surface area contributed by atoms with Crippen molar-refractivity contribution < 1.29 is 22.3 Å². The number of thiazole rings is 1. The highest BCUT2D eigenvalue weighted by Gasteiger charge is 2.25. The SMILES string of the molecule is CC(=O)C1CSC(c2nc3ccc(OS(=O)(=O)c4ccc([N+](=O)[O-])cc4)cc3s2)=N1. The number of carbonyl (C=O) groups is 1. The van der Waals surface area contributed by atoms with Crippen molar-refractivity contribution in [2.24, 2.45) is 4.99 Å². The number of ketones is 1. The van der Waals surface area contributed by atoms with Gasteiger partial charge >= 0.3 is 10.1 Å². The van der Waals surface area contributed by atoms with Crippen molar-refractivity contribution in [2.45, 2.75) is 17.9 Å². The Morgan fingerprint density at radius 3 is 2.60 bits per heavy atom. The molecule has 9 nitrogen and oxygen atoms in total. The van der Waals surface area contributed by atoms with Crippen LogP contribution in [0.4, 0.5) is 5.69 Å². The number of thioether (sulfide) groups is 1. The molecule has 1 atom stereocenters. The quantitative estimate of drug-likeness (QED) is 0.309. The molecule has 0 fully saturated rings. The highest BCUT2D eigenvalue weighted by atomic mass is 32.2. The number of benzene rings is 2. The van der Waals surface area contributed by atoms with Gasteiger partial charge in [0, 0.05) is 24.0 Å². The first kappa shape index (κ1) is 20.4. The second kappa shape index (κ2) is 7.78. The van der Waals surface area contributed by atoms with Crippen LogP contribution in [-0.4, -0.2) is 40.9 Å². The summed E-state index contributed by atoms with van der Waals surface area (Å²) in [5, 5.41) is 12.1. The highest BCUT2D eigenvalue weighted by Crippen LogP contribution is 2.32. The van der Waals surface area contributed by atoms with Gasteiger partial charge in [-0.15, -0.1) is 23.1 Å². The first-order chi connectivity index (χ1) is 14.2. The first-order valence-corrected chi connectivity index (χ1v) is 11.7. The van der Waals surface area contributed by atoms with Crippen LogP contribution in [0, 0.1) is 10.1 Å². The fourth-order valence-electron chi connectivity index (χ4n) is 2.66. The fraction of sp³-hybridized carbons (Fsp3) is 0.167. The van der Waals surface area contributed by atoms with E-state index >= 15 is 0 Å². The van der Waals surface area contributed by atoms with Gasteiger partial charge in [0.1, 0.15) is 26.7 Å². The minimum Gasteiger partial charge on any atom is -0.379 e. The number of aromatic nitrogens is 1. The number of carbonyl (C=O) groups excluding carboxylic acids is 1. The van der Waals surface area contributed by atoms with Crippen LogP contribution in [0.15, 0.2) is 52.4 Å². The molecule has 1 aromatic heterocycles. The molecule has 0 bridgehead atoms. The zero-order valence-electron chi connectivity index (χ0n) is 15.3. The van der Waals surface area contributed by atoms with E-state index in [0.29, 0.717) is 26.0 Å². The lowest BCUT2D eigenvalue weighted by Gasteiger charge is -2.06. The normalized spacial score (nSPS) is 16.4. The Hall–Kier alpha value is -2.83. The lowest BCUT2D eigenvalue weighted by Crippen LogP contribution is -2.14. The van der Waals surface area contributed by atoms with Gasteiger partial charge in [0.2, 0.25) is 0 Å². The van der Waals surface area contributed by atoms with Crippen molar-refractivity contribution in [1.29, 1.82) is 0 Å². The second-order valence-electron chi connectivity index (χ2n) is 6.31. The van der Waals surface area contributed by atoms with Crippen molar-refractivity contribution >= 4 is 59.9 Å². The minimum atomic E-state index is -4.15. The first-order valence-electron chi connectivity index (χ1n) is 8.54. The van der Waals surface area contributed by atoms with Crippen molar-refractivity contribution in [2.75, 3.05) is 5.75 Å². The third-order valence-corrected chi connectivity index (χ3v) is 7.68. The maximum absolute atomic E-state index is 12.5. The van der Waals surface area contributed by atoms with E-state index in [1.54, 1.807) is 12.1 Å². The molecule has 12 heteroatoms. The Balaban J connectivity index is 1.58. The van der Waals surface area contributed by atoms with Crippen molar-refractivity contribution in [1.82, 2.24) is 4.98 Å². The summed E-state index contributed by atoms with van der Waals surface area (Å²) < 4.78 is 30.8. The number of hydrogen-bond donors (Lipinski definition) is 0. The molecule has 2 heterocycles. The number of nitro groups is 1. The van der Waals surface area contributed by atoms with E-state index in [2.05, 4.69) is 9.98 Å². The van der Waals surface area contributed by atoms with Crippen LogP contribution >= 0.6 is 23.1 Å². The third kappa shape index (κ3) is 4.06. The van der Waals surface area contributed by atoms with Crippen LogP contribution in [0.3, 0.4) is 0 Å². The molecular weight excluding hydrogens is 450 g/mol. The summed E-state index contributed by atoms with van der Waals surface area (Å²) >= 11 is 2.79. The average Bonchev–Trinajstić information content (AvgIpc) is 3.34. The van der Waals surface area contributed by atoms with Crippen LogP contribution in [0.1, 0.15) is 11.9 Å². The van der Waals surface area contributed by atoms with Gasteiger partial charge in [0.05, 0.1) is 15.1 Å². The van der Waals surface area contributed by atoms with E-state index in [1.165, 1.54) is 36.1 Å². The van der Waals surface area contributed by atoms with Gasteiger partial charge in [-0.25, -0.2) is 4.98 Å². The standard InChI is InChI=1S/C18H13N3O6S3/c1-10(22)15-9-28-17(20-15)18-19-14-7-4-12(8-16(14)29-18)27-30(25,26)13-5-2-11(3-6-13)21(23)24/h2-8,15H,9H2,1H3. The van der Waals surface area contributed by atoms with E-state index < -0.39 is 15.0 Å². The number of fused-ring (bicyclic) bond motifs is 1. The molecule has 0 saturated carbocycles. The second-order valence-corrected chi connectivity index (χ2v) is 9.89. The summed E-state index contributed by atoms with van der Waals surface area (Å²) in [6.45, 7) is 1.50. The van der Waals surface area contributed by atoms with Crippen LogP contribution in [0.25, 0.3) is 10.2 Å². The smallest absolute Gasteiger partial charge is 0.339 e. The molecule has 0 radical (unpaired) electrons. The van der Waals surface area contributed by atoms with E-state index in [-0.39, 0.29) is 28.2 Å². The summed E-state index contributed by atoms with van der Waals surface area (Å²) in [6.07, 6.45) is 0. The Morgan fingerprint density at radius 1 is 1.23 bits per heavy atom. The Morgan fingerprint density at radius 2 is 1.97 bits per heavy atom. The Kier molecular flexibility index (Phi) is 5.30. The molecule has 0 amide bonds. The molecular formula is C18H13N3O6S3. The maximum atomic E-state index is 12.5. The summed E-state index contributed by atoms with van der Waals surface area (Å²) in [4.78, 5) is 30.3. The molecule has 154 valence electrons. The minimum absolute atomic E-state index is 0.00532. The third-order valence-electron chi connectivity index (χ3n) is 4.21. The van der Waals surface area contributed by atoms with E-state index in [1.807, 2.05) is 0 Å². The molecule has 1 aliphatic heterocycles. The molecule has 4 rings (SSSR count). The average molecular weight is 464 g/mol. The van der Waals surface area contributed by atoms with Crippen LogP contribution in [0.2, 0.25) is 0 Å². The van der Waals surface area contributed by atoms with Gasteiger partial charge in [0.15, 0.2) is 5.78 Å². The summed E-state index contributed by atoms with van der Waals surface area (Å²) in [5.41, 5.74) is 0.442. The molecule has 1 aliphatic rings. The molecule has 0 saturated heterocycles. The van der Waals surface area contributed by atoms with E-state index in [4.69, 9.17) is 4.18 Å². The molecule has 0 N–H and O–H groups in total. The molecule has 2 aromatic carbocycles. The summed E-state index contributed by atoms with van der Waals surface area (Å²) in [5.74, 6) is 0.687. The lowest BCUT2D eigenvalue weighted by molar-refractivity contribution is -0.384. The molecule has 0 spiro atoms. The number of aliphatic imine (C=N–C) groups is 1. The lowest BCUT2D eigenvalue weighted by atomic mass is 10.2. The molecule has 0 aliphatic carbocycles. The van der Waals surface area contributed by atoms with Crippen LogP contribution < -0.4 is 4.18 Å². The maximum Gasteiger partial charge on any atom is 0.339 e. The zero-order valence-corrected chi connectivity index (χ0v) is 17.8. The van der Waals surface area contributed by atoms with Gasteiger partial charge in [-0.1, -0.05) is 0 Å². The van der Waals surface area contributed by atoms with E-state index in [0.717, 1.165) is 24.3 Å². The number of Topliss-reactive ketones (excluding diaryl/α,β-unsaturated/α-hetero) is 1. The highest BCUT2D eigenvalue weighted by molar-refractivity contribution is 8.15. The number of rotatable bonds is 6. The van der Waals surface area contributed by atoms with Crippen LogP contribution in [-0.2, 0) is 14.9 Å². The monoisotopic (exact) mass is 463 g/mol. The number of hydrogen-bond acceptors (Lipinski definition) is 10. The van der Waals surface area contributed by atoms with Crippen molar-refractivity contribution in [3.05, 3.63) is 57.6 Å². The predicted octanol–water partition coefficient (Wildman–Crippen LogP) is 3.42. The molecule has 3 aromatic rings. The fourth-order valence-corrected chi connectivity index (χ4v) is 5.76. The number of non-ortho nitro benzene ring substituents is 1. The molecule has 30 heavy (non-hydrogen) atoms. The van der Waals surface area contributed by atoms with Crippen LogP contribution in [0.5, 0.6) is 5.75 Å². The van der Waals surface area contributed by atoms with Gasteiger partial charge in [-0.2, -0.15) is 8.42 Å². The van der Waals surface area contributed by atoms with Gasteiger partial charge in [-0.3, -0.25) is 19.9 Å². The zero-order chi connectivity index (χ0) is 21.5. The van der Waals surface area contributed by atoms with Gasteiger partial charge < -0.3 is 4.18 Å².